The summed E-state index contributed by atoms with van der Waals surface area (Å²) in [5, 5.41) is 11.6. The lowest BCUT2D eigenvalue weighted by atomic mass is 9.97. The van der Waals surface area contributed by atoms with Gasteiger partial charge in [-0.05, 0) is 92.8 Å². The first kappa shape index (κ1) is 20.6. The zero-order valence-electron chi connectivity index (χ0n) is 19.0. The molecule has 3 aromatic rings. The molecule has 2 fully saturated rings. The number of fused-ring (bicyclic) bond motifs is 1. The van der Waals surface area contributed by atoms with E-state index < -0.39 is 0 Å². The Kier molecular flexibility index (Phi) is 5.25. The van der Waals surface area contributed by atoms with Crippen LogP contribution in [0.5, 0.6) is 0 Å². The summed E-state index contributed by atoms with van der Waals surface area (Å²) in [5.41, 5.74) is 4.95. The molecule has 33 heavy (non-hydrogen) atoms. The molecule has 2 heterocycles. The fourth-order valence-corrected chi connectivity index (χ4v) is 5.07. The Bertz CT molecular complexity index is 1200. The highest BCUT2D eigenvalue weighted by atomic mass is 19.1. The van der Waals surface area contributed by atoms with Crippen molar-refractivity contribution in [3.63, 3.8) is 0 Å². The van der Waals surface area contributed by atoms with Crippen LogP contribution in [0.4, 0.5) is 21.8 Å². The average Bonchev–Trinajstić information content (AvgIpc) is 3.71. The van der Waals surface area contributed by atoms with Gasteiger partial charge in [-0.15, -0.1) is 0 Å². The maximum absolute atomic E-state index is 14.0. The van der Waals surface area contributed by atoms with Crippen molar-refractivity contribution in [1.29, 1.82) is 0 Å². The fourth-order valence-electron chi connectivity index (χ4n) is 5.07. The van der Waals surface area contributed by atoms with Crippen LogP contribution in [-0.2, 0) is 0 Å². The molecule has 1 aliphatic heterocycles. The van der Waals surface area contributed by atoms with E-state index in [1.165, 1.54) is 43.4 Å². The number of nitrogens with one attached hydrogen (secondary N) is 3. The Morgan fingerprint density at radius 1 is 1.06 bits per heavy atom. The normalized spacial score (nSPS) is 18.5. The van der Waals surface area contributed by atoms with Crippen molar-refractivity contribution < 1.29 is 4.39 Å². The number of aryl methyl sites for hydroxylation is 1. The molecule has 5 nitrogen and oxygen atoms in total. The number of hydrogen-bond acceptors (Lipinski definition) is 5. The quantitative estimate of drug-likeness (QED) is 0.431. The molecule has 1 aromatic heterocycles. The van der Waals surface area contributed by atoms with Gasteiger partial charge in [-0.3, -0.25) is 0 Å². The molecule has 0 spiro atoms. The third-order valence-corrected chi connectivity index (χ3v) is 7.00. The van der Waals surface area contributed by atoms with Gasteiger partial charge in [0.05, 0.1) is 5.52 Å². The highest BCUT2D eigenvalue weighted by Gasteiger charge is 2.41. The van der Waals surface area contributed by atoms with Crippen molar-refractivity contribution in [1.82, 2.24) is 15.3 Å². The van der Waals surface area contributed by atoms with Crippen LogP contribution < -0.4 is 16.0 Å². The molecule has 170 valence electrons. The van der Waals surface area contributed by atoms with Crippen molar-refractivity contribution in [3.05, 3.63) is 59.4 Å². The van der Waals surface area contributed by atoms with E-state index in [2.05, 4.69) is 40.2 Å². The summed E-state index contributed by atoms with van der Waals surface area (Å²) < 4.78 is 14.0. The van der Waals surface area contributed by atoms with Gasteiger partial charge in [0.15, 0.2) is 0 Å². The van der Waals surface area contributed by atoms with Gasteiger partial charge in [0.2, 0.25) is 5.95 Å². The third kappa shape index (κ3) is 4.44. The number of nitrogens with zero attached hydrogens (tertiary/aromatic N) is 2. The zero-order chi connectivity index (χ0) is 22.4. The van der Waals surface area contributed by atoms with Crippen LogP contribution in [0.1, 0.15) is 43.2 Å². The minimum atomic E-state index is -0.264. The van der Waals surface area contributed by atoms with Crippen molar-refractivity contribution in [2.45, 2.75) is 45.1 Å². The number of para-hydroxylation sites is 1. The Morgan fingerprint density at radius 3 is 2.58 bits per heavy atom. The van der Waals surface area contributed by atoms with Gasteiger partial charge in [-0.1, -0.05) is 18.2 Å². The van der Waals surface area contributed by atoms with E-state index in [-0.39, 0.29) is 5.82 Å². The van der Waals surface area contributed by atoms with E-state index in [0.29, 0.717) is 17.7 Å². The molecule has 6 heteroatoms. The smallest absolute Gasteiger partial charge is 0.229 e. The van der Waals surface area contributed by atoms with Gasteiger partial charge in [-0.2, -0.15) is 4.98 Å². The fraction of sp³-hybridized carbons (Fsp3) is 0.407. The van der Waals surface area contributed by atoms with E-state index in [0.717, 1.165) is 59.2 Å². The topological polar surface area (TPSA) is 61.9 Å². The Balaban J connectivity index is 1.45. The monoisotopic (exact) mass is 443 g/mol. The molecule has 0 atom stereocenters. The van der Waals surface area contributed by atoms with Crippen LogP contribution in [0.15, 0.2) is 42.5 Å². The summed E-state index contributed by atoms with van der Waals surface area (Å²) in [6, 6.07) is 11.8. The molecular weight excluding hydrogens is 413 g/mol. The second kappa shape index (κ2) is 8.41. The number of rotatable bonds is 7. The van der Waals surface area contributed by atoms with Gasteiger partial charge in [0.1, 0.15) is 11.6 Å². The summed E-state index contributed by atoms with van der Waals surface area (Å²) in [7, 11) is 0. The lowest BCUT2D eigenvalue weighted by Gasteiger charge is -2.22. The summed E-state index contributed by atoms with van der Waals surface area (Å²) in [6.45, 7) is 3.73. The minimum Gasteiger partial charge on any atom is -0.366 e. The molecule has 2 saturated carbocycles. The van der Waals surface area contributed by atoms with Gasteiger partial charge in [0.25, 0.3) is 0 Å². The third-order valence-electron chi connectivity index (χ3n) is 7.00. The number of aromatic nitrogens is 2. The first-order chi connectivity index (χ1) is 16.1. The second-order valence-electron chi connectivity index (χ2n) is 9.77. The standard InChI is InChI=1S/C27H30FN5/c1-16-13-20(28)15-21(14-16)30-27-32-25-22(17-9-11-29-12-10-17)3-2-4-23(25)26(33-27)31-24(18-5-6-18)19-7-8-19/h2-4,9,13-15,18-19,24,29H,5-8,10-12H2,1H3,(H2,30,31,32,33). The molecule has 6 rings (SSSR count). The summed E-state index contributed by atoms with van der Waals surface area (Å²) >= 11 is 0. The first-order valence-electron chi connectivity index (χ1n) is 12.2. The predicted molar refractivity (Wildman–Crippen MR) is 132 cm³/mol. The lowest BCUT2D eigenvalue weighted by Crippen LogP contribution is -2.25. The molecule has 3 N–H and O–H groups in total. The molecule has 0 amide bonds. The molecule has 0 saturated heterocycles. The van der Waals surface area contributed by atoms with Crippen molar-refractivity contribution in [2.75, 3.05) is 23.7 Å². The van der Waals surface area contributed by atoms with Gasteiger partial charge >= 0.3 is 0 Å². The SMILES string of the molecule is Cc1cc(F)cc(Nc2nc(NC(C3CC3)C3CC3)c3cccc(C4=CCNCC4)c3n2)c1. The molecular formula is C27H30FN5. The van der Waals surface area contributed by atoms with Crippen molar-refractivity contribution in [3.8, 4) is 0 Å². The van der Waals surface area contributed by atoms with Crippen LogP contribution in [0.3, 0.4) is 0 Å². The molecule has 3 aliphatic rings. The molecule has 2 aliphatic carbocycles. The van der Waals surface area contributed by atoms with E-state index >= 15 is 0 Å². The predicted octanol–water partition coefficient (Wildman–Crippen LogP) is 5.80. The van der Waals surface area contributed by atoms with Crippen molar-refractivity contribution in [2.24, 2.45) is 11.8 Å². The summed E-state index contributed by atoms with van der Waals surface area (Å²) in [6.07, 6.45) is 8.44. The van der Waals surface area contributed by atoms with Crippen LogP contribution >= 0.6 is 0 Å². The summed E-state index contributed by atoms with van der Waals surface area (Å²) in [5.74, 6) is 2.62. The Morgan fingerprint density at radius 2 is 1.88 bits per heavy atom. The largest absolute Gasteiger partial charge is 0.366 e. The lowest BCUT2D eigenvalue weighted by molar-refractivity contribution is 0.566. The molecule has 0 bridgehead atoms. The Labute approximate surface area is 193 Å². The van der Waals surface area contributed by atoms with Gasteiger partial charge in [-0.25, -0.2) is 9.37 Å². The number of halogens is 1. The van der Waals surface area contributed by atoms with Crippen LogP contribution in [-0.4, -0.2) is 29.1 Å². The minimum absolute atomic E-state index is 0.264. The molecule has 2 aromatic carbocycles. The van der Waals surface area contributed by atoms with Crippen LogP contribution in [0.2, 0.25) is 0 Å². The van der Waals surface area contributed by atoms with E-state index in [4.69, 9.17) is 9.97 Å². The highest BCUT2D eigenvalue weighted by molar-refractivity contribution is 5.98. The maximum atomic E-state index is 14.0. The Hall–Kier alpha value is -2.99. The van der Waals surface area contributed by atoms with Crippen LogP contribution in [0.25, 0.3) is 16.5 Å². The average molecular weight is 444 g/mol. The van der Waals surface area contributed by atoms with Gasteiger partial charge < -0.3 is 16.0 Å². The summed E-state index contributed by atoms with van der Waals surface area (Å²) in [4.78, 5) is 9.86. The molecule has 0 radical (unpaired) electrons. The number of anilines is 3. The highest BCUT2D eigenvalue weighted by Crippen LogP contribution is 2.46. The van der Waals surface area contributed by atoms with Crippen LogP contribution in [0, 0.1) is 24.6 Å². The second-order valence-corrected chi connectivity index (χ2v) is 9.77. The van der Waals surface area contributed by atoms with Crippen molar-refractivity contribution >= 4 is 33.9 Å². The number of hydrogen-bond donors (Lipinski definition) is 3. The number of benzene rings is 2. The maximum Gasteiger partial charge on any atom is 0.229 e. The molecule has 0 unspecified atom stereocenters. The van der Waals surface area contributed by atoms with Gasteiger partial charge in [0, 0.05) is 29.2 Å². The van der Waals surface area contributed by atoms with E-state index in [1.807, 2.05) is 13.0 Å². The first-order valence-corrected chi connectivity index (χ1v) is 12.2. The van der Waals surface area contributed by atoms with E-state index in [1.54, 1.807) is 0 Å². The van der Waals surface area contributed by atoms with E-state index in [9.17, 15) is 4.39 Å². The zero-order valence-corrected chi connectivity index (χ0v) is 19.0.